The molecule has 0 saturated heterocycles. The highest BCUT2D eigenvalue weighted by molar-refractivity contribution is 6.31. The highest BCUT2D eigenvalue weighted by Gasteiger charge is 2.25. The van der Waals surface area contributed by atoms with Crippen LogP contribution in [0.1, 0.15) is 21.8 Å². The fourth-order valence-electron chi connectivity index (χ4n) is 1.87. The van der Waals surface area contributed by atoms with Crippen LogP contribution in [0, 0.1) is 28.8 Å². The summed E-state index contributed by atoms with van der Waals surface area (Å²) in [6.07, 6.45) is 0. The summed E-state index contributed by atoms with van der Waals surface area (Å²) in [6.45, 7) is 0. The van der Waals surface area contributed by atoms with Crippen LogP contribution >= 0.6 is 11.6 Å². The fraction of sp³-hybridized carbons (Fsp3) is 0.0667. The molecule has 106 valence electrons. The van der Waals surface area contributed by atoms with E-state index in [0.29, 0.717) is 6.07 Å². The van der Waals surface area contributed by atoms with Gasteiger partial charge in [0.25, 0.3) is 0 Å². The Balaban J connectivity index is 2.48. The molecule has 0 N–H and O–H groups in total. The first kappa shape index (κ1) is 15.1. The molecule has 0 radical (unpaired) electrons. The maximum absolute atomic E-state index is 13.7. The predicted molar refractivity (Wildman–Crippen MR) is 70.5 cm³/mol. The normalized spacial score (nSPS) is 11.8. The van der Waals surface area contributed by atoms with Crippen molar-refractivity contribution < 1.29 is 18.0 Å². The molecule has 0 bridgehead atoms. The van der Waals surface area contributed by atoms with E-state index >= 15 is 0 Å². The molecule has 0 spiro atoms. The van der Waals surface area contributed by atoms with E-state index in [4.69, 9.17) is 16.9 Å². The molecule has 1 atom stereocenters. The summed E-state index contributed by atoms with van der Waals surface area (Å²) in [5, 5.41) is 9.19. The molecule has 0 amide bonds. The van der Waals surface area contributed by atoms with E-state index in [0.717, 1.165) is 24.3 Å². The van der Waals surface area contributed by atoms with Crippen LogP contribution in [0.5, 0.6) is 0 Å². The number of hydrogen-bond acceptors (Lipinski definition) is 2. The average molecular weight is 310 g/mol. The van der Waals surface area contributed by atoms with Gasteiger partial charge in [-0.3, -0.25) is 4.79 Å². The Bertz CT molecular complexity index is 735. The summed E-state index contributed by atoms with van der Waals surface area (Å²) in [5.74, 6) is -5.15. The Morgan fingerprint density at radius 1 is 1.10 bits per heavy atom. The van der Waals surface area contributed by atoms with Gasteiger partial charge in [-0.05, 0) is 35.9 Å². The summed E-state index contributed by atoms with van der Waals surface area (Å²) >= 11 is 5.68. The maximum atomic E-state index is 13.7. The van der Waals surface area contributed by atoms with Gasteiger partial charge in [0.2, 0.25) is 0 Å². The largest absolute Gasteiger partial charge is 0.292 e. The van der Waals surface area contributed by atoms with Crippen LogP contribution in [-0.2, 0) is 0 Å². The molecule has 0 aliphatic rings. The molecule has 0 aliphatic carbocycles. The average Bonchev–Trinajstić information content (AvgIpc) is 2.41. The van der Waals surface area contributed by atoms with E-state index in [1.807, 2.05) is 0 Å². The molecule has 0 aromatic heterocycles. The van der Waals surface area contributed by atoms with Crippen LogP contribution in [0.15, 0.2) is 36.4 Å². The lowest BCUT2D eigenvalue weighted by molar-refractivity contribution is 0.0975. The molecule has 0 fully saturated rings. The van der Waals surface area contributed by atoms with Gasteiger partial charge < -0.3 is 0 Å². The molecular weight excluding hydrogens is 303 g/mol. The zero-order valence-electron chi connectivity index (χ0n) is 10.4. The van der Waals surface area contributed by atoms with Gasteiger partial charge in [0.1, 0.15) is 23.4 Å². The van der Waals surface area contributed by atoms with Crippen molar-refractivity contribution in [1.29, 1.82) is 5.26 Å². The molecule has 0 aliphatic heterocycles. The Kier molecular flexibility index (Phi) is 4.29. The summed E-state index contributed by atoms with van der Waals surface area (Å²) in [6, 6.07) is 7.25. The zero-order valence-corrected chi connectivity index (χ0v) is 11.2. The minimum absolute atomic E-state index is 0.113. The van der Waals surface area contributed by atoms with Gasteiger partial charge in [0.05, 0.1) is 11.6 Å². The van der Waals surface area contributed by atoms with E-state index in [1.54, 1.807) is 6.07 Å². The molecule has 0 heterocycles. The van der Waals surface area contributed by atoms with Crippen LogP contribution in [0.4, 0.5) is 13.2 Å². The number of ketones is 1. The van der Waals surface area contributed by atoms with E-state index in [2.05, 4.69) is 0 Å². The molecule has 1 unspecified atom stereocenters. The number of carbonyl (C=O) groups is 1. The van der Waals surface area contributed by atoms with E-state index in [-0.39, 0.29) is 10.6 Å². The minimum Gasteiger partial charge on any atom is -0.292 e. The molecule has 2 aromatic carbocycles. The van der Waals surface area contributed by atoms with Gasteiger partial charge in [-0.2, -0.15) is 5.26 Å². The number of hydrogen-bond donors (Lipinski definition) is 0. The third-order valence-corrected chi connectivity index (χ3v) is 3.04. The molecule has 2 nitrogen and oxygen atoms in total. The van der Waals surface area contributed by atoms with Crippen molar-refractivity contribution in [3.63, 3.8) is 0 Å². The van der Waals surface area contributed by atoms with Crippen LogP contribution in [-0.4, -0.2) is 5.78 Å². The van der Waals surface area contributed by atoms with Crippen LogP contribution in [0.2, 0.25) is 5.02 Å². The molecule has 21 heavy (non-hydrogen) atoms. The van der Waals surface area contributed by atoms with Gasteiger partial charge in [-0.25, -0.2) is 13.2 Å². The number of benzene rings is 2. The lowest BCUT2D eigenvalue weighted by atomic mass is 9.91. The Morgan fingerprint density at radius 2 is 1.71 bits per heavy atom. The Hall–Kier alpha value is -2.32. The quantitative estimate of drug-likeness (QED) is 0.795. The molecule has 2 aromatic rings. The third kappa shape index (κ3) is 3.23. The standard InChI is InChI=1S/C15H7ClF3NO/c16-9-1-2-14(19)12(5-9)15(21)13(7-20)8-3-10(17)6-11(18)4-8/h1-6,13H. The van der Waals surface area contributed by atoms with Gasteiger partial charge in [0, 0.05) is 11.1 Å². The third-order valence-electron chi connectivity index (χ3n) is 2.80. The lowest BCUT2D eigenvalue weighted by Gasteiger charge is -2.10. The second kappa shape index (κ2) is 5.98. The summed E-state index contributed by atoms with van der Waals surface area (Å²) < 4.78 is 40.0. The van der Waals surface area contributed by atoms with Crippen LogP contribution in [0.3, 0.4) is 0 Å². The second-order valence-electron chi connectivity index (χ2n) is 4.25. The van der Waals surface area contributed by atoms with E-state index < -0.39 is 34.7 Å². The number of rotatable bonds is 3. The van der Waals surface area contributed by atoms with Gasteiger partial charge in [0.15, 0.2) is 5.78 Å². The van der Waals surface area contributed by atoms with Crippen molar-refractivity contribution >= 4 is 17.4 Å². The Labute approximate surface area is 123 Å². The summed E-state index contributed by atoms with van der Waals surface area (Å²) in [5.41, 5.74) is -0.585. The monoisotopic (exact) mass is 309 g/mol. The van der Waals surface area contributed by atoms with Crippen molar-refractivity contribution in [3.8, 4) is 6.07 Å². The van der Waals surface area contributed by atoms with Gasteiger partial charge in [-0.1, -0.05) is 11.6 Å². The SMILES string of the molecule is N#CC(C(=O)c1cc(Cl)ccc1F)c1cc(F)cc(F)c1. The molecule has 6 heteroatoms. The lowest BCUT2D eigenvalue weighted by Crippen LogP contribution is -2.13. The minimum atomic E-state index is -1.52. The van der Waals surface area contributed by atoms with Crippen molar-refractivity contribution in [1.82, 2.24) is 0 Å². The summed E-state index contributed by atoms with van der Waals surface area (Å²) in [4.78, 5) is 12.2. The number of halogens is 4. The summed E-state index contributed by atoms with van der Waals surface area (Å²) in [7, 11) is 0. The smallest absolute Gasteiger partial charge is 0.187 e. The van der Waals surface area contributed by atoms with Crippen molar-refractivity contribution in [3.05, 3.63) is 70.0 Å². The second-order valence-corrected chi connectivity index (χ2v) is 4.69. The van der Waals surface area contributed by atoms with E-state index in [9.17, 15) is 18.0 Å². The molecule has 0 saturated carbocycles. The maximum Gasteiger partial charge on any atom is 0.187 e. The van der Waals surface area contributed by atoms with Gasteiger partial charge in [-0.15, -0.1) is 0 Å². The Morgan fingerprint density at radius 3 is 2.29 bits per heavy atom. The van der Waals surface area contributed by atoms with Crippen molar-refractivity contribution in [2.75, 3.05) is 0 Å². The van der Waals surface area contributed by atoms with Crippen LogP contribution < -0.4 is 0 Å². The molecular formula is C15H7ClF3NO. The number of nitriles is 1. The van der Waals surface area contributed by atoms with Gasteiger partial charge >= 0.3 is 0 Å². The number of Topliss-reactive ketones (excluding diaryl/α,β-unsaturated/α-hetero) is 1. The van der Waals surface area contributed by atoms with Crippen LogP contribution in [0.25, 0.3) is 0 Å². The number of nitrogens with zero attached hydrogens (tertiary/aromatic N) is 1. The highest BCUT2D eigenvalue weighted by atomic mass is 35.5. The molecule has 2 rings (SSSR count). The van der Waals surface area contributed by atoms with Crippen molar-refractivity contribution in [2.45, 2.75) is 5.92 Å². The van der Waals surface area contributed by atoms with E-state index in [1.165, 1.54) is 6.07 Å². The number of carbonyl (C=O) groups excluding carboxylic acids is 1. The topological polar surface area (TPSA) is 40.9 Å². The first-order valence-electron chi connectivity index (χ1n) is 5.77. The fourth-order valence-corrected chi connectivity index (χ4v) is 2.04. The first-order valence-corrected chi connectivity index (χ1v) is 6.15. The van der Waals surface area contributed by atoms with Crippen molar-refractivity contribution in [2.24, 2.45) is 0 Å². The predicted octanol–water partition coefficient (Wildman–Crippen LogP) is 4.25. The zero-order chi connectivity index (χ0) is 15.6. The highest BCUT2D eigenvalue weighted by Crippen LogP contribution is 2.25. The first-order chi connectivity index (χ1) is 9.92.